The first kappa shape index (κ1) is 14.1. The van der Waals surface area contributed by atoms with Gasteiger partial charge in [0, 0.05) is 18.6 Å². The van der Waals surface area contributed by atoms with Crippen molar-refractivity contribution < 1.29 is 0 Å². The Morgan fingerprint density at radius 1 is 1.15 bits per heavy atom. The van der Waals surface area contributed by atoms with E-state index in [0.717, 1.165) is 5.92 Å². The lowest BCUT2D eigenvalue weighted by Gasteiger charge is -2.37. The number of nitrogens with zero attached hydrogens (tertiary/aromatic N) is 1. The molecule has 1 saturated heterocycles. The first-order valence-electron chi connectivity index (χ1n) is 8.30. The van der Waals surface area contributed by atoms with Crippen LogP contribution in [0.3, 0.4) is 0 Å². The smallest absolute Gasteiger partial charge is 0.0356 e. The predicted molar refractivity (Wildman–Crippen MR) is 84.9 cm³/mol. The topological polar surface area (TPSA) is 15.3 Å². The van der Waals surface area contributed by atoms with E-state index < -0.39 is 0 Å². The van der Waals surface area contributed by atoms with E-state index in [1.54, 1.807) is 11.1 Å². The van der Waals surface area contributed by atoms with E-state index in [4.69, 9.17) is 0 Å². The maximum Gasteiger partial charge on any atom is 0.0356 e. The highest BCUT2D eigenvalue weighted by Crippen LogP contribution is 2.37. The Bertz CT molecular complexity index is 435. The van der Waals surface area contributed by atoms with Gasteiger partial charge < -0.3 is 5.32 Å². The van der Waals surface area contributed by atoms with Crippen LogP contribution < -0.4 is 5.32 Å². The van der Waals surface area contributed by atoms with Gasteiger partial charge in [-0.1, -0.05) is 24.3 Å². The molecular formula is C18H28N2. The molecule has 1 aliphatic heterocycles. The molecule has 0 saturated carbocycles. The fourth-order valence-corrected chi connectivity index (χ4v) is 3.94. The molecule has 2 nitrogen and oxygen atoms in total. The SMILES string of the molecule is CC(C)N(CC1CCNCC1)C1CCc2ccccc21. The van der Waals surface area contributed by atoms with Crippen LogP contribution in [0.2, 0.25) is 0 Å². The number of hydrogen-bond acceptors (Lipinski definition) is 2. The highest BCUT2D eigenvalue weighted by atomic mass is 15.2. The highest BCUT2D eigenvalue weighted by Gasteiger charge is 2.30. The van der Waals surface area contributed by atoms with Gasteiger partial charge in [-0.15, -0.1) is 0 Å². The van der Waals surface area contributed by atoms with Gasteiger partial charge in [0.2, 0.25) is 0 Å². The molecule has 2 aliphatic rings. The molecule has 20 heavy (non-hydrogen) atoms. The van der Waals surface area contributed by atoms with Gasteiger partial charge in [-0.05, 0) is 69.7 Å². The van der Waals surface area contributed by atoms with Gasteiger partial charge in [-0.25, -0.2) is 0 Å². The number of fused-ring (bicyclic) bond motifs is 1. The molecule has 1 fully saturated rings. The average Bonchev–Trinajstić information content (AvgIpc) is 2.89. The zero-order chi connectivity index (χ0) is 13.9. The number of rotatable bonds is 4. The quantitative estimate of drug-likeness (QED) is 0.904. The third kappa shape index (κ3) is 2.91. The van der Waals surface area contributed by atoms with E-state index >= 15 is 0 Å². The van der Waals surface area contributed by atoms with Crippen molar-refractivity contribution in [3.63, 3.8) is 0 Å². The van der Waals surface area contributed by atoms with Crippen molar-refractivity contribution in [2.45, 2.75) is 51.6 Å². The summed E-state index contributed by atoms with van der Waals surface area (Å²) < 4.78 is 0. The molecule has 1 aromatic rings. The highest BCUT2D eigenvalue weighted by molar-refractivity contribution is 5.34. The van der Waals surface area contributed by atoms with Crippen molar-refractivity contribution in [3.05, 3.63) is 35.4 Å². The molecule has 1 N–H and O–H groups in total. The first-order valence-corrected chi connectivity index (χ1v) is 8.30. The van der Waals surface area contributed by atoms with E-state index in [2.05, 4.69) is 48.3 Å². The van der Waals surface area contributed by atoms with Crippen molar-refractivity contribution >= 4 is 0 Å². The molecule has 0 aromatic heterocycles. The van der Waals surface area contributed by atoms with Crippen LogP contribution in [0.25, 0.3) is 0 Å². The van der Waals surface area contributed by atoms with Crippen molar-refractivity contribution in [2.75, 3.05) is 19.6 Å². The van der Waals surface area contributed by atoms with E-state index in [-0.39, 0.29) is 0 Å². The minimum absolute atomic E-state index is 0.640. The fraction of sp³-hybridized carbons (Fsp3) is 0.667. The van der Waals surface area contributed by atoms with Crippen LogP contribution in [0.5, 0.6) is 0 Å². The van der Waals surface area contributed by atoms with Crippen LogP contribution in [0.4, 0.5) is 0 Å². The lowest BCUT2D eigenvalue weighted by molar-refractivity contribution is 0.116. The summed E-state index contributed by atoms with van der Waals surface area (Å²) in [6.45, 7) is 8.41. The summed E-state index contributed by atoms with van der Waals surface area (Å²) in [7, 11) is 0. The lowest BCUT2D eigenvalue weighted by atomic mass is 9.95. The van der Waals surface area contributed by atoms with Crippen LogP contribution >= 0.6 is 0 Å². The monoisotopic (exact) mass is 272 g/mol. The Morgan fingerprint density at radius 3 is 2.65 bits per heavy atom. The largest absolute Gasteiger partial charge is 0.317 e. The minimum atomic E-state index is 0.640. The molecule has 1 heterocycles. The van der Waals surface area contributed by atoms with Crippen LogP contribution in [0.15, 0.2) is 24.3 Å². The molecule has 110 valence electrons. The zero-order valence-electron chi connectivity index (χ0n) is 12.9. The van der Waals surface area contributed by atoms with E-state index in [9.17, 15) is 0 Å². The van der Waals surface area contributed by atoms with E-state index in [0.29, 0.717) is 12.1 Å². The summed E-state index contributed by atoms with van der Waals surface area (Å²) in [4.78, 5) is 2.77. The second kappa shape index (κ2) is 6.28. The zero-order valence-corrected chi connectivity index (χ0v) is 12.9. The van der Waals surface area contributed by atoms with Gasteiger partial charge in [-0.2, -0.15) is 0 Å². The maximum absolute atomic E-state index is 3.48. The lowest BCUT2D eigenvalue weighted by Crippen LogP contribution is -2.41. The second-order valence-corrected chi connectivity index (χ2v) is 6.74. The molecule has 0 amide bonds. The van der Waals surface area contributed by atoms with Gasteiger partial charge in [-0.3, -0.25) is 4.90 Å². The molecule has 0 bridgehead atoms. The van der Waals surface area contributed by atoms with Crippen molar-refractivity contribution in [3.8, 4) is 0 Å². The fourth-order valence-electron chi connectivity index (χ4n) is 3.94. The summed E-state index contributed by atoms with van der Waals surface area (Å²) in [5, 5.41) is 3.48. The Hall–Kier alpha value is -0.860. The summed E-state index contributed by atoms with van der Waals surface area (Å²) in [6, 6.07) is 10.4. The average molecular weight is 272 g/mol. The van der Waals surface area contributed by atoms with E-state index in [1.807, 2.05) is 0 Å². The molecule has 1 aliphatic carbocycles. The Morgan fingerprint density at radius 2 is 1.90 bits per heavy atom. The number of nitrogens with one attached hydrogen (secondary N) is 1. The van der Waals surface area contributed by atoms with E-state index in [1.165, 1.54) is 45.3 Å². The standard InChI is InChI=1S/C18H28N2/c1-14(2)20(13-15-9-11-19-12-10-15)18-8-7-16-5-3-4-6-17(16)18/h3-6,14-15,18-19H,7-13H2,1-2H3. The molecule has 2 heteroatoms. The van der Waals surface area contributed by atoms with Gasteiger partial charge in [0.1, 0.15) is 0 Å². The summed E-state index contributed by atoms with van der Waals surface area (Å²) in [6.07, 6.45) is 5.26. The first-order chi connectivity index (χ1) is 9.75. The van der Waals surface area contributed by atoms with Crippen LogP contribution in [-0.4, -0.2) is 30.6 Å². The third-order valence-corrected chi connectivity index (χ3v) is 5.09. The number of aryl methyl sites for hydroxylation is 1. The molecule has 1 unspecified atom stereocenters. The Labute approximate surface area is 123 Å². The normalized spacial score (nSPS) is 23.5. The van der Waals surface area contributed by atoms with Crippen molar-refractivity contribution in [2.24, 2.45) is 5.92 Å². The Kier molecular flexibility index (Phi) is 4.42. The van der Waals surface area contributed by atoms with Gasteiger partial charge >= 0.3 is 0 Å². The molecular weight excluding hydrogens is 244 g/mol. The van der Waals surface area contributed by atoms with Crippen LogP contribution in [0, 0.1) is 5.92 Å². The maximum atomic E-state index is 3.48. The second-order valence-electron chi connectivity index (χ2n) is 6.74. The van der Waals surface area contributed by atoms with Gasteiger partial charge in [0.05, 0.1) is 0 Å². The number of hydrogen-bond donors (Lipinski definition) is 1. The van der Waals surface area contributed by atoms with Crippen molar-refractivity contribution in [1.82, 2.24) is 10.2 Å². The minimum Gasteiger partial charge on any atom is -0.317 e. The van der Waals surface area contributed by atoms with Crippen LogP contribution in [0.1, 0.15) is 50.3 Å². The molecule has 1 aromatic carbocycles. The molecule has 1 atom stereocenters. The third-order valence-electron chi connectivity index (χ3n) is 5.09. The number of benzene rings is 1. The predicted octanol–water partition coefficient (Wildman–Crippen LogP) is 3.38. The number of piperidine rings is 1. The molecule has 0 spiro atoms. The molecule has 0 radical (unpaired) electrons. The summed E-state index contributed by atoms with van der Waals surface area (Å²) in [5.74, 6) is 0.881. The van der Waals surface area contributed by atoms with Crippen LogP contribution in [-0.2, 0) is 6.42 Å². The summed E-state index contributed by atoms with van der Waals surface area (Å²) in [5.41, 5.74) is 3.17. The van der Waals surface area contributed by atoms with Gasteiger partial charge in [0.25, 0.3) is 0 Å². The summed E-state index contributed by atoms with van der Waals surface area (Å²) >= 11 is 0. The molecule has 3 rings (SSSR count). The Balaban J connectivity index is 1.74. The van der Waals surface area contributed by atoms with Crippen molar-refractivity contribution in [1.29, 1.82) is 0 Å². The van der Waals surface area contributed by atoms with Gasteiger partial charge in [0.15, 0.2) is 0 Å².